The molecule has 1 unspecified atom stereocenters. The third-order valence-electron chi connectivity index (χ3n) is 2.75. The van der Waals surface area contributed by atoms with Gasteiger partial charge in [-0.1, -0.05) is 5.22 Å². The third kappa shape index (κ3) is 1.92. The predicted molar refractivity (Wildman–Crippen MR) is 51.9 cm³/mol. The van der Waals surface area contributed by atoms with E-state index in [0.29, 0.717) is 18.6 Å². The number of carbonyl (C=O) groups excluding carboxylic acids is 1. The van der Waals surface area contributed by atoms with Crippen LogP contribution in [0.15, 0.2) is 10.3 Å². The van der Waals surface area contributed by atoms with Gasteiger partial charge in [0.25, 0.3) is 0 Å². The lowest BCUT2D eigenvalue weighted by Gasteiger charge is -2.30. The Labute approximate surface area is 83.5 Å². The van der Waals surface area contributed by atoms with E-state index in [1.165, 1.54) is 0 Å². The summed E-state index contributed by atoms with van der Waals surface area (Å²) >= 11 is 0. The second kappa shape index (κ2) is 3.65. The normalized spacial score (nSPS) is 38.0. The summed E-state index contributed by atoms with van der Waals surface area (Å²) in [5.74, 6) is 0.339. The van der Waals surface area contributed by atoms with Gasteiger partial charge in [-0.05, 0) is 6.92 Å². The summed E-state index contributed by atoms with van der Waals surface area (Å²) in [4.78, 5) is 11.4. The van der Waals surface area contributed by atoms with Crippen LogP contribution in [0.3, 0.4) is 0 Å². The van der Waals surface area contributed by atoms with Gasteiger partial charge in [0.05, 0.1) is 6.54 Å². The van der Waals surface area contributed by atoms with Gasteiger partial charge in [0.15, 0.2) is 0 Å². The summed E-state index contributed by atoms with van der Waals surface area (Å²) in [6, 6.07) is 0.606. The van der Waals surface area contributed by atoms with Crippen molar-refractivity contribution in [2.24, 2.45) is 10.3 Å². The van der Waals surface area contributed by atoms with Crippen molar-refractivity contribution in [3.63, 3.8) is 0 Å². The van der Waals surface area contributed by atoms with Gasteiger partial charge in [0.1, 0.15) is 11.8 Å². The number of piperidine rings is 1. The SMILES string of the molecule is C[C@H]1CC(=O)C[C@@H](C2CN(C)N=N2)N1. The van der Waals surface area contributed by atoms with E-state index < -0.39 is 0 Å². The highest BCUT2D eigenvalue weighted by atomic mass is 16.1. The third-order valence-corrected chi connectivity index (χ3v) is 2.75. The summed E-state index contributed by atoms with van der Waals surface area (Å²) < 4.78 is 0. The molecule has 0 aromatic heterocycles. The molecule has 1 N–H and O–H groups in total. The average molecular weight is 196 g/mol. The molecular formula is C9H16N4O. The lowest BCUT2D eigenvalue weighted by Crippen LogP contribution is -2.50. The smallest absolute Gasteiger partial charge is 0.136 e. The number of nitrogens with zero attached hydrogens (tertiary/aromatic N) is 3. The van der Waals surface area contributed by atoms with Gasteiger partial charge in [-0.2, -0.15) is 5.11 Å². The van der Waals surface area contributed by atoms with E-state index in [4.69, 9.17) is 0 Å². The second-order valence-electron chi connectivity index (χ2n) is 4.23. The molecule has 0 aromatic carbocycles. The Morgan fingerprint density at radius 1 is 1.50 bits per heavy atom. The standard InChI is InChI=1S/C9H16N4O/c1-6-3-7(14)4-8(10-6)9-5-13(2)12-11-9/h6,8-10H,3-5H2,1-2H3/t6-,8-,9?/m0/s1. The molecule has 1 fully saturated rings. The van der Waals surface area contributed by atoms with E-state index >= 15 is 0 Å². The molecule has 5 nitrogen and oxygen atoms in total. The maximum Gasteiger partial charge on any atom is 0.136 e. The second-order valence-corrected chi connectivity index (χ2v) is 4.23. The molecule has 14 heavy (non-hydrogen) atoms. The minimum absolute atomic E-state index is 0.145. The van der Waals surface area contributed by atoms with E-state index in [-0.39, 0.29) is 18.1 Å². The van der Waals surface area contributed by atoms with E-state index in [1.54, 1.807) is 0 Å². The van der Waals surface area contributed by atoms with Crippen molar-refractivity contribution < 1.29 is 4.79 Å². The molecule has 0 spiro atoms. The molecule has 5 heteroatoms. The molecule has 0 aliphatic carbocycles. The van der Waals surface area contributed by atoms with Crippen molar-refractivity contribution in [2.45, 2.75) is 37.9 Å². The summed E-state index contributed by atoms with van der Waals surface area (Å²) in [6.07, 6.45) is 1.25. The first kappa shape index (κ1) is 9.58. The van der Waals surface area contributed by atoms with Crippen LogP contribution in [-0.2, 0) is 4.79 Å². The highest BCUT2D eigenvalue weighted by Gasteiger charge is 2.32. The first-order chi connectivity index (χ1) is 6.65. The molecule has 0 saturated carbocycles. The first-order valence-electron chi connectivity index (χ1n) is 5.05. The van der Waals surface area contributed by atoms with Gasteiger partial charge in [-0.3, -0.25) is 9.80 Å². The average Bonchev–Trinajstić information content (AvgIpc) is 2.50. The molecule has 2 rings (SSSR count). The Bertz CT molecular complexity index is 266. The molecule has 0 bridgehead atoms. The van der Waals surface area contributed by atoms with Crippen molar-refractivity contribution in [2.75, 3.05) is 13.6 Å². The van der Waals surface area contributed by atoms with E-state index in [9.17, 15) is 4.79 Å². The van der Waals surface area contributed by atoms with Crippen molar-refractivity contribution in [1.29, 1.82) is 0 Å². The summed E-state index contributed by atoms with van der Waals surface area (Å²) in [5.41, 5.74) is 0. The number of hydrogen-bond acceptors (Lipinski definition) is 5. The van der Waals surface area contributed by atoms with Crippen LogP contribution in [-0.4, -0.2) is 42.5 Å². The van der Waals surface area contributed by atoms with Crippen LogP contribution in [0.25, 0.3) is 0 Å². The quantitative estimate of drug-likeness (QED) is 0.659. The van der Waals surface area contributed by atoms with Crippen LogP contribution < -0.4 is 5.32 Å². The van der Waals surface area contributed by atoms with Crippen LogP contribution in [0, 0.1) is 0 Å². The molecule has 78 valence electrons. The summed E-state index contributed by atoms with van der Waals surface area (Å²) in [5, 5.41) is 13.3. The number of carbonyl (C=O) groups is 1. The fraction of sp³-hybridized carbons (Fsp3) is 0.889. The molecule has 2 aliphatic rings. The number of nitrogens with one attached hydrogen (secondary N) is 1. The van der Waals surface area contributed by atoms with Gasteiger partial charge >= 0.3 is 0 Å². The lowest BCUT2D eigenvalue weighted by atomic mass is 9.93. The van der Waals surface area contributed by atoms with Gasteiger partial charge in [0, 0.05) is 32.0 Å². The zero-order valence-corrected chi connectivity index (χ0v) is 8.60. The minimum atomic E-state index is 0.145. The fourth-order valence-corrected chi connectivity index (χ4v) is 2.11. The number of ketones is 1. The van der Waals surface area contributed by atoms with E-state index in [2.05, 4.69) is 15.7 Å². The topological polar surface area (TPSA) is 57.1 Å². The molecule has 0 radical (unpaired) electrons. The molecular weight excluding hydrogens is 180 g/mol. The fourth-order valence-electron chi connectivity index (χ4n) is 2.11. The van der Waals surface area contributed by atoms with Gasteiger partial charge < -0.3 is 5.32 Å². The van der Waals surface area contributed by atoms with Gasteiger partial charge in [-0.25, -0.2) is 0 Å². The Balaban J connectivity index is 1.97. The van der Waals surface area contributed by atoms with Gasteiger partial charge in [-0.15, -0.1) is 0 Å². The molecule has 1 saturated heterocycles. The Hall–Kier alpha value is -0.970. The zero-order valence-electron chi connectivity index (χ0n) is 8.60. The molecule has 2 heterocycles. The van der Waals surface area contributed by atoms with E-state index in [0.717, 1.165) is 6.54 Å². The Morgan fingerprint density at radius 2 is 2.29 bits per heavy atom. The molecule has 3 atom stereocenters. The summed E-state index contributed by atoms with van der Waals surface area (Å²) in [6.45, 7) is 2.86. The van der Waals surface area contributed by atoms with E-state index in [1.807, 2.05) is 19.0 Å². The van der Waals surface area contributed by atoms with Crippen LogP contribution in [0.5, 0.6) is 0 Å². The monoisotopic (exact) mass is 196 g/mol. The number of Topliss-reactive ketones (excluding diaryl/α,β-unsaturated/α-hetero) is 1. The molecule has 0 aromatic rings. The minimum Gasteiger partial charge on any atom is -0.308 e. The zero-order chi connectivity index (χ0) is 10.1. The predicted octanol–water partition coefficient (Wildman–Crippen LogP) is 0.377. The highest BCUT2D eigenvalue weighted by Crippen LogP contribution is 2.18. The molecule has 0 amide bonds. The number of likely N-dealkylation sites (N-methyl/N-ethyl adjacent to an activating group) is 1. The van der Waals surface area contributed by atoms with Crippen LogP contribution in [0.1, 0.15) is 19.8 Å². The molecule has 2 aliphatic heterocycles. The Morgan fingerprint density at radius 3 is 2.86 bits per heavy atom. The van der Waals surface area contributed by atoms with Crippen molar-refractivity contribution >= 4 is 5.78 Å². The van der Waals surface area contributed by atoms with Gasteiger partial charge in [0.2, 0.25) is 0 Å². The summed E-state index contributed by atoms with van der Waals surface area (Å²) in [7, 11) is 1.90. The van der Waals surface area contributed by atoms with Crippen LogP contribution in [0.4, 0.5) is 0 Å². The van der Waals surface area contributed by atoms with Crippen molar-refractivity contribution in [3.8, 4) is 0 Å². The number of hydrogen-bond donors (Lipinski definition) is 1. The largest absolute Gasteiger partial charge is 0.308 e. The van der Waals surface area contributed by atoms with Crippen molar-refractivity contribution in [1.82, 2.24) is 10.3 Å². The highest BCUT2D eigenvalue weighted by molar-refractivity contribution is 5.80. The maximum absolute atomic E-state index is 11.4. The first-order valence-corrected chi connectivity index (χ1v) is 5.05. The number of rotatable bonds is 1. The Kier molecular flexibility index (Phi) is 2.50. The maximum atomic E-state index is 11.4. The van der Waals surface area contributed by atoms with Crippen LogP contribution in [0.2, 0.25) is 0 Å². The van der Waals surface area contributed by atoms with Crippen molar-refractivity contribution in [3.05, 3.63) is 0 Å². The van der Waals surface area contributed by atoms with Crippen LogP contribution >= 0.6 is 0 Å². The lowest BCUT2D eigenvalue weighted by molar-refractivity contribution is -0.121.